The van der Waals surface area contributed by atoms with Gasteiger partial charge in [-0.15, -0.1) is 0 Å². The van der Waals surface area contributed by atoms with Crippen LogP contribution < -0.4 is 9.47 Å². The molecule has 2 aliphatic heterocycles. The lowest BCUT2D eigenvalue weighted by molar-refractivity contribution is -0.139. The SMILES string of the molecule is O=C(C1CCCN(S(=O)(=O)c2ccc(F)cc2)C1)N(Cc1ccc2c(c1)OCO2)C1CCCC1. The van der Waals surface area contributed by atoms with Crippen molar-refractivity contribution >= 4 is 15.9 Å². The number of benzene rings is 2. The number of amides is 1. The maximum absolute atomic E-state index is 13.8. The van der Waals surface area contributed by atoms with Gasteiger partial charge in [-0.25, -0.2) is 12.8 Å². The molecule has 1 amide bonds. The third-order valence-electron chi connectivity index (χ3n) is 7.02. The topological polar surface area (TPSA) is 76.2 Å². The fraction of sp³-hybridized carbons (Fsp3) is 0.480. The average molecular weight is 489 g/mol. The summed E-state index contributed by atoms with van der Waals surface area (Å²) >= 11 is 0. The Balaban J connectivity index is 1.35. The molecule has 0 spiro atoms. The second-order valence-corrected chi connectivity index (χ2v) is 11.2. The number of carbonyl (C=O) groups is 1. The van der Waals surface area contributed by atoms with Crippen LogP contribution in [-0.4, -0.2) is 49.5 Å². The van der Waals surface area contributed by atoms with Gasteiger partial charge in [0.15, 0.2) is 11.5 Å². The van der Waals surface area contributed by atoms with Crippen molar-refractivity contribution in [3.8, 4) is 11.5 Å². The minimum atomic E-state index is -3.79. The monoisotopic (exact) mass is 488 g/mol. The van der Waals surface area contributed by atoms with Gasteiger partial charge < -0.3 is 14.4 Å². The molecule has 1 saturated heterocycles. The first kappa shape index (κ1) is 23.1. The lowest BCUT2D eigenvalue weighted by atomic mass is 9.96. The second kappa shape index (κ2) is 9.54. The number of piperidine rings is 1. The molecule has 2 fully saturated rings. The Morgan fingerprint density at radius 1 is 1.00 bits per heavy atom. The molecular formula is C25H29FN2O5S. The van der Waals surface area contributed by atoms with E-state index in [4.69, 9.17) is 9.47 Å². The number of nitrogens with zero attached hydrogens (tertiary/aromatic N) is 2. The molecular weight excluding hydrogens is 459 g/mol. The van der Waals surface area contributed by atoms with Crippen molar-refractivity contribution in [2.75, 3.05) is 19.9 Å². The van der Waals surface area contributed by atoms with Crippen LogP contribution in [0.3, 0.4) is 0 Å². The zero-order chi connectivity index (χ0) is 23.7. The van der Waals surface area contributed by atoms with Crippen LogP contribution >= 0.6 is 0 Å². The van der Waals surface area contributed by atoms with Crippen LogP contribution in [0.25, 0.3) is 0 Å². The highest BCUT2D eigenvalue weighted by Crippen LogP contribution is 2.35. The van der Waals surface area contributed by atoms with Gasteiger partial charge in [0, 0.05) is 25.7 Å². The van der Waals surface area contributed by atoms with Crippen molar-refractivity contribution in [1.82, 2.24) is 9.21 Å². The smallest absolute Gasteiger partial charge is 0.243 e. The van der Waals surface area contributed by atoms with Gasteiger partial charge in [-0.05, 0) is 67.6 Å². The van der Waals surface area contributed by atoms with Crippen LogP contribution in [-0.2, 0) is 21.4 Å². The summed E-state index contributed by atoms with van der Waals surface area (Å²) in [7, 11) is -3.79. The van der Waals surface area contributed by atoms with Crippen LogP contribution in [0, 0.1) is 11.7 Å². The third-order valence-corrected chi connectivity index (χ3v) is 8.90. The van der Waals surface area contributed by atoms with E-state index >= 15 is 0 Å². The Hall–Kier alpha value is -2.65. The van der Waals surface area contributed by atoms with Crippen LogP contribution in [0.2, 0.25) is 0 Å². The first-order chi connectivity index (χ1) is 16.4. The number of fused-ring (bicyclic) bond motifs is 1. The van der Waals surface area contributed by atoms with E-state index < -0.39 is 21.8 Å². The largest absolute Gasteiger partial charge is 0.454 e. The minimum absolute atomic E-state index is 0.00331. The summed E-state index contributed by atoms with van der Waals surface area (Å²) in [5.74, 6) is 0.505. The maximum atomic E-state index is 13.8. The highest BCUT2D eigenvalue weighted by atomic mass is 32.2. The molecule has 1 aliphatic carbocycles. The summed E-state index contributed by atoms with van der Waals surface area (Å²) in [5.41, 5.74) is 0.969. The molecule has 2 aromatic carbocycles. The van der Waals surface area contributed by atoms with E-state index in [1.165, 1.54) is 16.4 Å². The summed E-state index contributed by atoms with van der Waals surface area (Å²) in [6.07, 6.45) is 5.36. The zero-order valence-electron chi connectivity index (χ0n) is 19.0. The molecule has 0 aromatic heterocycles. The third kappa shape index (κ3) is 4.63. The van der Waals surface area contributed by atoms with Crippen molar-refractivity contribution in [3.05, 3.63) is 53.8 Å². The van der Waals surface area contributed by atoms with Gasteiger partial charge in [-0.1, -0.05) is 18.9 Å². The molecule has 7 nitrogen and oxygen atoms in total. The van der Waals surface area contributed by atoms with Gasteiger partial charge in [0.25, 0.3) is 0 Å². The van der Waals surface area contributed by atoms with Crippen molar-refractivity contribution in [2.45, 2.75) is 56.0 Å². The molecule has 1 saturated carbocycles. The zero-order valence-corrected chi connectivity index (χ0v) is 19.8. The predicted octanol–water partition coefficient (Wildman–Crippen LogP) is 3.93. The molecule has 3 aliphatic rings. The number of sulfonamides is 1. The van der Waals surface area contributed by atoms with Gasteiger partial charge in [0.05, 0.1) is 10.8 Å². The maximum Gasteiger partial charge on any atom is 0.243 e. The molecule has 182 valence electrons. The summed E-state index contributed by atoms with van der Waals surface area (Å²) in [6, 6.07) is 10.7. The van der Waals surface area contributed by atoms with E-state index in [2.05, 4.69) is 0 Å². The van der Waals surface area contributed by atoms with Crippen molar-refractivity contribution in [3.63, 3.8) is 0 Å². The van der Waals surface area contributed by atoms with E-state index in [1.807, 2.05) is 23.1 Å². The Kier molecular flexibility index (Phi) is 6.48. The van der Waals surface area contributed by atoms with Gasteiger partial charge in [0.1, 0.15) is 5.82 Å². The van der Waals surface area contributed by atoms with Crippen molar-refractivity contribution in [1.29, 1.82) is 0 Å². The van der Waals surface area contributed by atoms with Crippen LogP contribution in [0.15, 0.2) is 47.4 Å². The number of ether oxygens (including phenoxy) is 2. The van der Waals surface area contributed by atoms with Crippen molar-refractivity contribution < 1.29 is 27.1 Å². The minimum Gasteiger partial charge on any atom is -0.454 e. The highest BCUT2D eigenvalue weighted by molar-refractivity contribution is 7.89. The lowest BCUT2D eigenvalue weighted by Gasteiger charge is -2.37. The number of hydrogen-bond donors (Lipinski definition) is 0. The van der Waals surface area contributed by atoms with Gasteiger partial charge in [-0.2, -0.15) is 4.31 Å². The van der Waals surface area contributed by atoms with Crippen LogP contribution in [0.1, 0.15) is 44.1 Å². The Bertz CT molecular complexity index is 1150. The first-order valence-corrected chi connectivity index (χ1v) is 13.3. The first-order valence-electron chi connectivity index (χ1n) is 11.9. The summed E-state index contributed by atoms with van der Waals surface area (Å²) in [5, 5.41) is 0. The highest BCUT2D eigenvalue weighted by Gasteiger charge is 2.37. The predicted molar refractivity (Wildman–Crippen MR) is 123 cm³/mol. The summed E-state index contributed by atoms with van der Waals surface area (Å²) in [4.78, 5) is 15.8. The molecule has 2 aromatic rings. The molecule has 1 atom stereocenters. The number of hydrogen-bond acceptors (Lipinski definition) is 5. The van der Waals surface area contributed by atoms with Gasteiger partial charge in [0.2, 0.25) is 22.7 Å². The molecule has 1 unspecified atom stereocenters. The van der Waals surface area contributed by atoms with E-state index in [9.17, 15) is 17.6 Å². The Morgan fingerprint density at radius 3 is 2.50 bits per heavy atom. The molecule has 2 heterocycles. The standard InChI is InChI=1S/C25H29FN2O5S/c26-20-8-10-22(11-9-20)34(30,31)27-13-3-4-19(16-27)25(29)28(21-5-1-2-6-21)15-18-7-12-23-24(14-18)33-17-32-23/h7-12,14,19,21H,1-6,13,15-17H2. The normalized spacial score (nSPS) is 21.0. The Labute approximate surface area is 199 Å². The molecule has 9 heteroatoms. The average Bonchev–Trinajstić information content (AvgIpc) is 3.54. The summed E-state index contributed by atoms with van der Waals surface area (Å²) < 4.78 is 51.9. The van der Waals surface area contributed by atoms with E-state index in [1.54, 1.807) is 0 Å². The van der Waals surface area contributed by atoms with E-state index in [-0.39, 0.29) is 30.2 Å². The molecule has 5 rings (SSSR count). The fourth-order valence-corrected chi connectivity index (χ4v) is 6.72. The van der Waals surface area contributed by atoms with E-state index in [0.29, 0.717) is 37.4 Å². The Morgan fingerprint density at radius 2 is 1.74 bits per heavy atom. The fourth-order valence-electron chi connectivity index (χ4n) is 5.19. The van der Waals surface area contributed by atoms with Crippen LogP contribution in [0.4, 0.5) is 4.39 Å². The lowest BCUT2D eigenvalue weighted by Crippen LogP contribution is -2.48. The summed E-state index contributed by atoms with van der Waals surface area (Å²) in [6.45, 7) is 1.16. The number of rotatable bonds is 6. The molecule has 0 N–H and O–H groups in total. The second-order valence-electron chi connectivity index (χ2n) is 9.25. The molecule has 0 bridgehead atoms. The van der Waals surface area contributed by atoms with E-state index in [0.717, 1.165) is 43.4 Å². The number of carbonyl (C=O) groups excluding carboxylic acids is 1. The molecule has 0 radical (unpaired) electrons. The quantitative estimate of drug-likeness (QED) is 0.616. The van der Waals surface area contributed by atoms with Crippen molar-refractivity contribution in [2.24, 2.45) is 5.92 Å². The van der Waals surface area contributed by atoms with Gasteiger partial charge >= 0.3 is 0 Å². The van der Waals surface area contributed by atoms with Crippen LogP contribution in [0.5, 0.6) is 11.5 Å². The number of halogens is 1. The molecule has 34 heavy (non-hydrogen) atoms. The van der Waals surface area contributed by atoms with Gasteiger partial charge in [-0.3, -0.25) is 4.79 Å².